The molecule has 0 unspecified atom stereocenters. The summed E-state index contributed by atoms with van der Waals surface area (Å²) in [6.07, 6.45) is 5.31. The fourth-order valence-electron chi connectivity index (χ4n) is 2.59. The topological polar surface area (TPSA) is 35.5 Å². The number of halogens is 2. The number of rotatable bonds is 6. The highest BCUT2D eigenvalue weighted by Crippen LogP contribution is 2.26. The fraction of sp³-hybridized carbons (Fsp3) is 0.600. The molecule has 0 atom stereocenters. The first kappa shape index (κ1) is 16.8. The van der Waals surface area contributed by atoms with E-state index in [2.05, 4.69) is 61.5 Å². The summed E-state index contributed by atoms with van der Waals surface area (Å²) < 4.78 is 2.11. The van der Waals surface area contributed by atoms with E-state index in [9.17, 15) is 5.11 Å². The lowest BCUT2D eigenvalue weighted by molar-refractivity contribution is 0.225. The maximum atomic E-state index is 10.0. The van der Waals surface area contributed by atoms with Crippen molar-refractivity contribution in [1.29, 1.82) is 0 Å². The second-order valence-electron chi connectivity index (χ2n) is 5.33. The molecule has 1 aliphatic heterocycles. The van der Waals surface area contributed by atoms with E-state index in [-0.39, 0.29) is 0 Å². The van der Waals surface area contributed by atoms with Crippen molar-refractivity contribution in [1.82, 2.24) is 10.2 Å². The van der Waals surface area contributed by atoms with Gasteiger partial charge in [0.05, 0.1) is 3.57 Å². The molecule has 20 heavy (non-hydrogen) atoms. The number of aromatic hydroxyl groups is 1. The Morgan fingerprint density at radius 3 is 2.65 bits per heavy atom. The molecule has 0 saturated carbocycles. The highest BCUT2D eigenvalue weighted by atomic mass is 127. The minimum absolute atomic E-state index is 0.426. The molecule has 1 aliphatic rings. The van der Waals surface area contributed by atoms with Gasteiger partial charge in [0.25, 0.3) is 0 Å². The van der Waals surface area contributed by atoms with Gasteiger partial charge in [-0.15, -0.1) is 0 Å². The Morgan fingerprint density at radius 1 is 1.15 bits per heavy atom. The van der Waals surface area contributed by atoms with Crippen molar-refractivity contribution in [2.24, 2.45) is 0 Å². The van der Waals surface area contributed by atoms with Gasteiger partial charge in [0, 0.05) is 15.7 Å². The molecule has 1 aromatic carbocycles. The molecule has 0 radical (unpaired) electrons. The van der Waals surface area contributed by atoms with E-state index < -0.39 is 0 Å². The Bertz CT molecular complexity index is 434. The lowest BCUT2D eigenvalue weighted by atomic mass is 10.1. The molecule has 0 spiro atoms. The van der Waals surface area contributed by atoms with Crippen molar-refractivity contribution < 1.29 is 5.11 Å². The molecular formula is C15H22I2N2O. The van der Waals surface area contributed by atoms with Gasteiger partial charge in [-0.2, -0.15) is 0 Å². The number of phenols is 1. The number of benzene rings is 1. The molecule has 2 N–H and O–H groups in total. The Balaban J connectivity index is 1.68. The molecule has 1 heterocycles. The Labute approximate surface area is 148 Å². The number of piperidine rings is 1. The van der Waals surface area contributed by atoms with Crippen molar-refractivity contribution in [3.05, 3.63) is 24.8 Å². The minimum Gasteiger partial charge on any atom is -0.507 e. The maximum Gasteiger partial charge on any atom is 0.133 e. The minimum atomic E-state index is 0.426. The Morgan fingerprint density at radius 2 is 1.90 bits per heavy atom. The molecule has 1 aromatic rings. The Hall–Kier alpha value is 0.400. The van der Waals surface area contributed by atoms with Crippen LogP contribution in [0.2, 0.25) is 0 Å². The van der Waals surface area contributed by atoms with E-state index in [0.29, 0.717) is 5.75 Å². The third kappa shape index (κ3) is 5.31. The molecule has 112 valence electrons. The number of likely N-dealkylation sites (tertiary alicyclic amines) is 1. The van der Waals surface area contributed by atoms with Gasteiger partial charge in [-0.25, -0.2) is 0 Å². The molecule has 2 rings (SSSR count). The standard InChI is InChI=1S/C15H22I2N2O/c16-13-9-12(15(20)14(17)10-13)11-18-5-4-8-19-6-2-1-3-7-19/h9-10,18,20H,1-8,11H2. The molecule has 3 nitrogen and oxygen atoms in total. The van der Waals surface area contributed by atoms with Gasteiger partial charge in [0.2, 0.25) is 0 Å². The first-order valence-corrected chi connectivity index (χ1v) is 9.42. The first-order chi connectivity index (χ1) is 9.66. The monoisotopic (exact) mass is 500 g/mol. The SMILES string of the molecule is Oc1c(I)cc(I)cc1CNCCCN1CCCCC1. The lowest BCUT2D eigenvalue weighted by Gasteiger charge is -2.26. The fourth-order valence-corrected chi connectivity index (χ4v) is 4.55. The van der Waals surface area contributed by atoms with Crippen molar-refractivity contribution in [2.45, 2.75) is 32.2 Å². The van der Waals surface area contributed by atoms with E-state index in [1.54, 1.807) is 0 Å². The molecule has 0 amide bonds. The van der Waals surface area contributed by atoms with E-state index in [4.69, 9.17) is 0 Å². The van der Waals surface area contributed by atoms with Crippen LogP contribution in [-0.2, 0) is 6.54 Å². The van der Waals surface area contributed by atoms with Crippen LogP contribution >= 0.6 is 45.2 Å². The zero-order valence-electron chi connectivity index (χ0n) is 11.7. The number of phenolic OH excluding ortho intramolecular Hbond substituents is 1. The maximum absolute atomic E-state index is 10.0. The number of hydrogen-bond donors (Lipinski definition) is 2. The van der Waals surface area contributed by atoms with Gasteiger partial charge in [-0.05, 0) is 103 Å². The predicted octanol–water partition coefficient (Wildman–Crippen LogP) is 3.57. The predicted molar refractivity (Wildman–Crippen MR) is 100 cm³/mol. The van der Waals surface area contributed by atoms with Crippen LogP contribution in [0.4, 0.5) is 0 Å². The van der Waals surface area contributed by atoms with Gasteiger partial charge in [-0.1, -0.05) is 6.42 Å². The molecule has 1 fully saturated rings. The van der Waals surface area contributed by atoms with Gasteiger partial charge in [-0.3, -0.25) is 0 Å². The Kier molecular flexibility index (Phi) is 7.33. The molecule has 0 aliphatic carbocycles. The molecule has 1 saturated heterocycles. The van der Waals surface area contributed by atoms with E-state index in [1.807, 2.05) is 6.07 Å². The number of hydrogen-bond acceptors (Lipinski definition) is 3. The van der Waals surface area contributed by atoms with Crippen LogP contribution in [0.15, 0.2) is 12.1 Å². The summed E-state index contributed by atoms with van der Waals surface area (Å²) in [7, 11) is 0. The molecule has 0 bridgehead atoms. The molecule has 5 heteroatoms. The van der Waals surface area contributed by atoms with Crippen molar-refractivity contribution >= 4 is 45.2 Å². The zero-order chi connectivity index (χ0) is 14.4. The molecule has 0 aromatic heterocycles. The highest BCUT2D eigenvalue weighted by molar-refractivity contribution is 14.1. The van der Waals surface area contributed by atoms with Gasteiger partial charge in [0.1, 0.15) is 5.75 Å². The second-order valence-corrected chi connectivity index (χ2v) is 7.74. The number of nitrogens with one attached hydrogen (secondary N) is 1. The third-order valence-electron chi connectivity index (χ3n) is 3.70. The zero-order valence-corrected chi connectivity index (χ0v) is 16.0. The van der Waals surface area contributed by atoms with E-state index in [0.717, 1.165) is 22.2 Å². The smallest absolute Gasteiger partial charge is 0.133 e. The lowest BCUT2D eigenvalue weighted by Crippen LogP contribution is -2.32. The quantitative estimate of drug-likeness (QED) is 0.464. The highest BCUT2D eigenvalue weighted by Gasteiger charge is 2.09. The summed E-state index contributed by atoms with van der Waals surface area (Å²) in [5.41, 5.74) is 0.999. The van der Waals surface area contributed by atoms with Crippen molar-refractivity contribution in [3.8, 4) is 5.75 Å². The van der Waals surface area contributed by atoms with Crippen LogP contribution in [0.1, 0.15) is 31.2 Å². The second kappa shape index (κ2) is 8.75. The van der Waals surface area contributed by atoms with Crippen LogP contribution in [0.5, 0.6) is 5.75 Å². The van der Waals surface area contributed by atoms with Crippen LogP contribution in [0.25, 0.3) is 0 Å². The number of nitrogens with zero attached hydrogens (tertiary/aromatic N) is 1. The summed E-state index contributed by atoms with van der Waals surface area (Å²) in [6, 6.07) is 4.05. The van der Waals surface area contributed by atoms with Gasteiger partial charge in [0.15, 0.2) is 0 Å². The third-order valence-corrected chi connectivity index (χ3v) is 5.14. The van der Waals surface area contributed by atoms with E-state index >= 15 is 0 Å². The normalized spacial score (nSPS) is 16.5. The molecular weight excluding hydrogens is 478 g/mol. The van der Waals surface area contributed by atoms with Crippen LogP contribution < -0.4 is 5.32 Å². The van der Waals surface area contributed by atoms with Crippen LogP contribution in [0.3, 0.4) is 0 Å². The first-order valence-electron chi connectivity index (χ1n) is 7.27. The summed E-state index contributed by atoms with van der Waals surface area (Å²) in [6.45, 7) is 5.51. The summed E-state index contributed by atoms with van der Waals surface area (Å²) in [4.78, 5) is 2.57. The van der Waals surface area contributed by atoms with Crippen molar-refractivity contribution in [3.63, 3.8) is 0 Å². The van der Waals surface area contributed by atoms with Crippen molar-refractivity contribution in [2.75, 3.05) is 26.2 Å². The summed E-state index contributed by atoms with van der Waals surface area (Å²) >= 11 is 4.48. The van der Waals surface area contributed by atoms with Crippen LogP contribution in [0, 0.1) is 7.14 Å². The average Bonchev–Trinajstić information content (AvgIpc) is 2.44. The largest absolute Gasteiger partial charge is 0.507 e. The average molecular weight is 500 g/mol. The van der Waals surface area contributed by atoms with Gasteiger partial charge < -0.3 is 15.3 Å². The van der Waals surface area contributed by atoms with Gasteiger partial charge >= 0.3 is 0 Å². The van der Waals surface area contributed by atoms with Crippen LogP contribution in [-0.4, -0.2) is 36.2 Å². The summed E-state index contributed by atoms with van der Waals surface area (Å²) in [5.74, 6) is 0.426. The summed E-state index contributed by atoms with van der Waals surface area (Å²) in [5, 5.41) is 13.5. The van der Waals surface area contributed by atoms with E-state index in [1.165, 1.54) is 48.9 Å².